The van der Waals surface area contributed by atoms with Gasteiger partial charge in [-0.1, -0.05) is 6.58 Å². The zero-order valence-electron chi connectivity index (χ0n) is 29.2. The van der Waals surface area contributed by atoms with E-state index in [1.807, 2.05) is 0 Å². The van der Waals surface area contributed by atoms with Crippen molar-refractivity contribution in [3.63, 3.8) is 0 Å². The molecule has 4 amide bonds. The molecule has 0 saturated carbocycles. The molecule has 0 bridgehead atoms. The molecule has 1 aliphatic rings. The molecule has 276 valence electrons. The maximum absolute atomic E-state index is 13.2. The van der Waals surface area contributed by atoms with Crippen molar-refractivity contribution in [1.82, 2.24) is 28.8 Å². The van der Waals surface area contributed by atoms with Crippen LogP contribution in [-0.4, -0.2) is 77.7 Å². The van der Waals surface area contributed by atoms with Crippen LogP contribution in [0.15, 0.2) is 55.0 Å². The summed E-state index contributed by atoms with van der Waals surface area (Å²) >= 11 is 0. The Morgan fingerprint density at radius 1 is 0.865 bits per heavy atom. The van der Waals surface area contributed by atoms with Crippen LogP contribution >= 0.6 is 12.4 Å². The van der Waals surface area contributed by atoms with Crippen LogP contribution in [0, 0.1) is 5.41 Å². The molecule has 19 heteroatoms. The zero-order chi connectivity index (χ0) is 37.2. The number of aryl methyl sites for hydroxylation is 4. The molecule has 1 unspecified atom stereocenters. The standard InChI is InChI=1S/C33H39N11O7.ClH/c1-18-13-33(2,51-32(18)49)17-50-27-12-25(44(6)40-27)31(48)39-21-11-24(43(5)16-21)30(47)38-20-10-23(42(4)15-20)29(46)37-19-9-22(41(3)14-19)28(45)36-8-7-26(34)35;/h9-12,14-16H,1,7-8,13,17H2,2-6H3,(H3,34,35)(H,36,45)(H,37,46)(H,38,47)(H,39,48);1H. The van der Waals surface area contributed by atoms with Gasteiger partial charge in [0.1, 0.15) is 35.0 Å². The minimum absolute atomic E-state index is 0. The maximum atomic E-state index is 13.2. The fourth-order valence-corrected chi connectivity index (χ4v) is 5.45. The number of aromatic nitrogens is 5. The first-order chi connectivity index (χ1) is 24.0. The molecular weight excluding hydrogens is 698 g/mol. The highest BCUT2D eigenvalue weighted by Crippen LogP contribution is 2.30. The van der Waals surface area contributed by atoms with Gasteiger partial charge in [0.15, 0.2) is 0 Å². The number of carbonyl (C=O) groups excluding carboxylic acids is 5. The van der Waals surface area contributed by atoms with Crippen LogP contribution in [0.4, 0.5) is 17.1 Å². The topological polar surface area (TPSA) is 234 Å². The van der Waals surface area contributed by atoms with E-state index in [1.165, 1.54) is 28.9 Å². The fraction of sp³-hybridized carbons (Fsp3) is 0.303. The molecule has 1 saturated heterocycles. The predicted octanol–water partition coefficient (Wildman–Crippen LogP) is 2.31. The molecule has 5 rings (SSSR count). The number of nitrogens with two attached hydrogens (primary N) is 1. The number of nitrogens with zero attached hydrogens (tertiary/aromatic N) is 5. The van der Waals surface area contributed by atoms with Crippen molar-refractivity contribution in [2.75, 3.05) is 29.1 Å². The summed E-state index contributed by atoms with van der Waals surface area (Å²) < 4.78 is 17.0. The summed E-state index contributed by atoms with van der Waals surface area (Å²) in [5.41, 5.74) is 6.86. The largest absolute Gasteiger partial charge is 0.472 e. The molecule has 1 atom stereocenters. The average molecular weight is 738 g/mol. The summed E-state index contributed by atoms with van der Waals surface area (Å²) in [5, 5.41) is 22.4. The van der Waals surface area contributed by atoms with Crippen molar-refractivity contribution < 1.29 is 33.4 Å². The summed E-state index contributed by atoms with van der Waals surface area (Å²) in [6.45, 7) is 5.65. The first-order valence-corrected chi connectivity index (χ1v) is 15.6. The third kappa shape index (κ3) is 8.70. The Balaban J connectivity index is 0.00000605. The van der Waals surface area contributed by atoms with E-state index in [9.17, 15) is 24.0 Å². The second-order valence-electron chi connectivity index (χ2n) is 12.5. The molecule has 5 heterocycles. The molecule has 18 nitrogen and oxygen atoms in total. The molecule has 1 aliphatic heterocycles. The number of amidine groups is 1. The van der Waals surface area contributed by atoms with E-state index < -0.39 is 29.3 Å². The summed E-state index contributed by atoms with van der Waals surface area (Å²) in [5.74, 6) is -2.18. The lowest BCUT2D eigenvalue weighted by Crippen LogP contribution is -2.32. The van der Waals surface area contributed by atoms with Crippen molar-refractivity contribution in [1.29, 1.82) is 5.41 Å². The van der Waals surface area contributed by atoms with Crippen LogP contribution in [0.3, 0.4) is 0 Å². The third-order valence-electron chi connectivity index (χ3n) is 8.00. The molecule has 0 radical (unpaired) electrons. The Bertz CT molecular complexity index is 2070. The van der Waals surface area contributed by atoms with E-state index in [0.717, 1.165) is 0 Å². The first kappa shape index (κ1) is 38.5. The second-order valence-corrected chi connectivity index (χ2v) is 12.5. The van der Waals surface area contributed by atoms with Gasteiger partial charge in [-0.3, -0.25) is 29.3 Å². The summed E-state index contributed by atoms with van der Waals surface area (Å²) in [6.07, 6.45) is 5.28. The lowest BCUT2D eigenvalue weighted by atomic mass is 10.0. The quantitative estimate of drug-likeness (QED) is 0.0511. The highest BCUT2D eigenvalue weighted by Gasteiger charge is 2.39. The van der Waals surface area contributed by atoms with Gasteiger partial charge in [0.05, 0.1) is 22.9 Å². The number of nitrogens with one attached hydrogen (secondary N) is 5. The highest BCUT2D eigenvalue weighted by atomic mass is 35.5. The number of ether oxygens (including phenoxy) is 2. The van der Waals surface area contributed by atoms with Crippen LogP contribution in [0.2, 0.25) is 0 Å². The van der Waals surface area contributed by atoms with Gasteiger partial charge >= 0.3 is 5.97 Å². The fourth-order valence-electron chi connectivity index (χ4n) is 5.45. The average Bonchev–Trinajstić information content (AvgIpc) is 3.84. The number of anilines is 3. The Kier molecular flexibility index (Phi) is 11.3. The SMILES string of the molecule is C=C1CC(C)(COc2cc(C(=O)Nc3cc(C(=O)Nc4cc(C(=O)Nc5cc(C(=O)NCCC(=N)N)n(C)c5)n(C)c4)n(C)c3)n(C)n2)OC1=O.Cl. The van der Waals surface area contributed by atoms with Crippen LogP contribution < -0.4 is 31.7 Å². The number of halogens is 1. The molecule has 0 aromatic carbocycles. The molecule has 4 aromatic heterocycles. The smallest absolute Gasteiger partial charge is 0.334 e. The second kappa shape index (κ2) is 15.3. The predicted molar refractivity (Wildman–Crippen MR) is 193 cm³/mol. The van der Waals surface area contributed by atoms with Gasteiger partial charge in [0.25, 0.3) is 23.6 Å². The normalized spacial score (nSPS) is 15.0. The van der Waals surface area contributed by atoms with Crippen molar-refractivity contribution in [3.05, 3.63) is 77.8 Å². The number of rotatable bonds is 13. The van der Waals surface area contributed by atoms with Gasteiger partial charge in [-0.25, -0.2) is 4.79 Å². The van der Waals surface area contributed by atoms with Gasteiger partial charge in [-0.05, 0) is 25.1 Å². The summed E-state index contributed by atoms with van der Waals surface area (Å²) in [6, 6.07) is 5.99. The monoisotopic (exact) mass is 737 g/mol. The summed E-state index contributed by atoms with van der Waals surface area (Å²) in [4.78, 5) is 63.7. The van der Waals surface area contributed by atoms with Gasteiger partial charge < -0.3 is 50.2 Å². The van der Waals surface area contributed by atoms with Gasteiger partial charge in [-0.2, -0.15) is 0 Å². The van der Waals surface area contributed by atoms with Gasteiger partial charge in [-0.15, -0.1) is 17.5 Å². The minimum Gasteiger partial charge on any atom is -0.472 e. The minimum atomic E-state index is -0.880. The van der Waals surface area contributed by atoms with E-state index >= 15 is 0 Å². The van der Waals surface area contributed by atoms with E-state index in [-0.39, 0.29) is 66.7 Å². The first-order valence-electron chi connectivity index (χ1n) is 15.6. The maximum Gasteiger partial charge on any atom is 0.334 e. The van der Waals surface area contributed by atoms with Crippen molar-refractivity contribution in [2.24, 2.45) is 33.9 Å². The lowest BCUT2D eigenvalue weighted by Gasteiger charge is -2.21. The van der Waals surface area contributed by atoms with Crippen LogP contribution in [0.1, 0.15) is 61.7 Å². The number of hydrogen-bond donors (Lipinski definition) is 6. The molecule has 7 N–H and O–H groups in total. The Hall–Kier alpha value is -6.30. The Morgan fingerprint density at radius 3 is 1.77 bits per heavy atom. The Labute approximate surface area is 304 Å². The molecule has 52 heavy (non-hydrogen) atoms. The number of hydrogen-bond acceptors (Lipinski definition) is 9. The van der Waals surface area contributed by atoms with E-state index in [1.54, 1.807) is 67.4 Å². The Morgan fingerprint density at radius 2 is 1.33 bits per heavy atom. The number of carbonyl (C=O) groups is 5. The van der Waals surface area contributed by atoms with Gasteiger partial charge in [0, 0.05) is 77.8 Å². The number of esters is 1. The molecule has 0 aliphatic carbocycles. The van der Waals surface area contributed by atoms with E-state index in [4.69, 9.17) is 20.6 Å². The van der Waals surface area contributed by atoms with Gasteiger partial charge in [0.2, 0.25) is 5.88 Å². The van der Waals surface area contributed by atoms with Crippen LogP contribution in [0.5, 0.6) is 5.88 Å². The van der Waals surface area contributed by atoms with Crippen molar-refractivity contribution >= 4 is 64.9 Å². The van der Waals surface area contributed by atoms with E-state index in [2.05, 4.69) is 32.9 Å². The zero-order valence-corrected chi connectivity index (χ0v) is 30.0. The lowest BCUT2D eigenvalue weighted by molar-refractivity contribution is -0.147. The number of cyclic esters (lactones) is 1. The molecule has 1 fully saturated rings. The van der Waals surface area contributed by atoms with Crippen molar-refractivity contribution in [3.8, 4) is 5.88 Å². The highest BCUT2D eigenvalue weighted by molar-refractivity contribution is 6.08. The third-order valence-corrected chi connectivity index (χ3v) is 8.00. The van der Waals surface area contributed by atoms with Crippen molar-refractivity contribution in [2.45, 2.75) is 25.4 Å². The van der Waals surface area contributed by atoms with E-state index in [0.29, 0.717) is 34.8 Å². The van der Waals surface area contributed by atoms with Crippen LogP contribution in [-0.2, 0) is 37.7 Å². The molecule has 4 aromatic rings. The molecule has 0 spiro atoms. The van der Waals surface area contributed by atoms with Crippen LogP contribution in [0.25, 0.3) is 0 Å². The number of amides is 4. The summed E-state index contributed by atoms with van der Waals surface area (Å²) in [7, 11) is 6.53. The molecular formula is C33H40ClN11O7.